The van der Waals surface area contributed by atoms with E-state index in [0.717, 1.165) is 5.56 Å². The SMILES string of the molecule is CC(C)(C)NC(=O)c1ccc(C(=O)NCc2cccc(NC(=O)c3ccco3)c2)cc1. The zero-order valence-electron chi connectivity index (χ0n) is 17.7. The lowest BCUT2D eigenvalue weighted by atomic mass is 10.1. The first-order valence-corrected chi connectivity index (χ1v) is 9.86. The first kappa shape index (κ1) is 21.8. The van der Waals surface area contributed by atoms with Crippen LogP contribution >= 0.6 is 0 Å². The first-order chi connectivity index (χ1) is 14.7. The van der Waals surface area contributed by atoms with Gasteiger partial charge in [-0.3, -0.25) is 14.4 Å². The van der Waals surface area contributed by atoms with Crippen molar-refractivity contribution < 1.29 is 18.8 Å². The smallest absolute Gasteiger partial charge is 0.291 e. The molecule has 1 heterocycles. The number of benzene rings is 2. The summed E-state index contributed by atoms with van der Waals surface area (Å²) in [5, 5.41) is 8.48. The molecule has 3 aromatic rings. The average Bonchev–Trinajstić information content (AvgIpc) is 3.26. The molecule has 0 saturated heterocycles. The van der Waals surface area contributed by atoms with Crippen LogP contribution in [-0.4, -0.2) is 23.3 Å². The van der Waals surface area contributed by atoms with Gasteiger partial charge in [0.2, 0.25) is 0 Å². The molecule has 31 heavy (non-hydrogen) atoms. The lowest BCUT2D eigenvalue weighted by Gasteiger charge is -2.20. The molecule has 0 aliphatic rings. The first-order valence-electron chi connectivity index (χ1n) is 9.86. The van der Waals surface area contributed by atoms with Crippen molar-refractivity contribution in [2.45, 2.75) is 32.9 Å². The topological polar surface area (TPSA) is 100 Å². The predicted molar refractivity (Wildman–Crippen MR) is 118 cm³/mol. The van der Waals surface area contributed by atoms with Crippen molar-refractivity contribution in [3.8, 4) is 0 Å². The van der Waals surface area contributed by atoms with Crippen molar-refractivity contribution in [1.82, 2.24) is 10.6 Å². The Bertz CT molecular complexity index is 1060. The van der Waals surface area contributed by atoms with Gasteiger partial charge in [-0.2, -0.15) is 0 Å². The summed E-state index contributed by atoms with van der Waals surface area (Å²) in [5.74, 6) is -0.569. The van der Waals surface area contributed by atoms with Gasteiger partial charge in [-0.05, 0) is 74.9 Å². The molecule has 0 spiro atoms. The molecule has 3 N–H and O–H groups in total. The van der Waals surface area contributed by atoms with Crippen molar-refractivity contribution in [2.24, 2.45) is 0 Å². The van der Waals surface area contributed by atoms with Crippen LogP contribution < -0.4 is 16.0 Å². The van der Waals surface area contributed by atoms with E-state index in [9.17, 15) is 14.4 Å². The number of hydrogen-bond acceptors (Lipinski definition) is 4. The fourth-order valence-corrected chi connectivity index (χ4v) is 2.83. The monoisotopic (exact) mass is 419 g/mol. The zero-order valence-corrected chi connectivity index (χ0v) is 17.7. The van der Waals surface area contributed by atoms with Gasteiger partial charge in [0.15, 0.2) is 5.76 Å². The molecule has 0 unspecified atom stereocenters. The lowest BCUT2D eigenvalue weighted by Crippen LogP contribution is -2.40. The van der Waals surface area contributed by atoms with E-state index in [4.69, 9.17) is 4.42 Å². The number of anilines is 1. The number of rotatable bonds is 6. The lowest BCUT2D eigenvalue weighted by molar-refractivity contribution is 0.0915. The van der Waals surface area contributed by atoms with E-state index in [2.05, 4.69) is 16.0 Å². The molecule has 3 amide bonds. The molecule has 2 aromatic carbocycles. The highest BCUT2D eigenvalue weighted by atomic mass is 16.3. The highest BCUT2D eigenvalue weighted by Crippen LogP contribution is 2.13. The highest BCUT2D eigenvalue weighted by Gasteiger charge is 2.16. The van der Waals surface area contributed by atoms with Gasteiger partial charge in [-0.15, -0.1) is 0 Å². The maximum absolute atomic E-state index is 12.5. The third-order valence-electron chi connectivity index (χ3n) is 4.28. The summed E-state index contributed by atoms with van der Waals surface area (Å²) in [6, 6.07) is 16.9. The Morgan fingerprint density at radius 1 is 0.839 bits per heavy atom. The predicted octanol–water partition coefficient (Wildman–Crippen LogP) is 3.99. The molecule has 0 atom stereocenters. The van der Waals surface area contributed by atoms with Crippen LogP contribution in [0.5, 0.6) is 0 Å². The van der Waals surface area contributed by atoms with Gasteiger partial charge in [-0.25, -0.2) is 0 Å². The second kappa shape index (κ2) is 9.30. The van der Waals surface area contributed by atoms with Gasteiger partial charge in [0, 0.05) is 28.9 Å². The van der Waals surface area contributed by atoms with Gasteiger partial charge >= 0.3 is 0 Å². The maximum atomic E-state index is 12.5. The summed E-state index contributed by atoms with van der Waals surface area (Å²) in [4.78, 5) is 36.7. The van der Waals surface area contributed by atoms with Crippen LogP contribution in [0.25, 0.3) is 0 Å². The molecular weight excluding hydrogens is 394 g/mol. The van der Waals surface area contributed by atoms with Gasteiger partial charge in [-0.1, -0.05) is 12.1 Å². The molecule has 0 radical (unpaired) electrons. The van der Waals surface area contributed by atoms with Crippen LogP contribution in [0, 0.1) is 0 Å². The van der Waals surface area contributed by atoms with E-state index in [-0.39, 0.29) is 35.6 Å². The number of amides is 3. The quantitative estimate of drug-likeness (QED) is 0.562. The molecule has 0 bridgehead atoms. The normalized spacial score (nSPS) is 10.9. The molecule has 7 heteroatoms. The number of hydrogen-bond donors (Lipinski definition) is 3. The number of carbonyl (C=O) groups excluding carboxylic acids is 3. The molecule has 0 aliphatic carbocycles. The van der Waals surface area contributed by atoms with Crippen molar-refractivity contribution in [3.05, 3.63) is 89.4 Å². The summed E-state index contributed by atoms with van der Waals surface area (Å²) >= 11 is 0. The Morgan fingerprint density at radius 2 is 1.52 bits per heavy atom. The third kappa shape index (κ3) is 6.30. The number of furan rings is 1. The highest BCUT2D eigenvalue weighted by molar-refractivity contribution is 6.02. The van der Waals surface area contributed by atoms with Crippen molar-refractivity contribution in [3.63, 3.8) is 0 Å². The van der Waals surface area contributed by atoms with E-state index >= 15 is 0 Å². The molecule has 1 aromatic heterocycles. The van der Waals surface area contributed by atoms with E-state index in [1.165, 1.54) is 6.26 Å². The van der Waals surface area contributed by atoms with E-state index < -0.39 is 0 Å². The van der Waals surface area contributed by atoms with Gasteiger partial charge in [0.05, 0.1) is 6.26 Å². The van der Waals surface area contributed by atoms with Gasteiger partial charge in [0.1, 0.15) is 0 Å². The summed E-state index contributed by atoms with van der Waals surface area (Å²) in [6.07, 6.45) is 1.43. The fraction of sp³-hybridized carbons (Fsp3) is 0.208. The fourth-order valence-electron chi connectivity index (χ4n) is 2.83. The summed E-state index contributed by atoms with van der Waals surface area (Å²) in [6.45, 7) is 6.01. The molecule has 160 valence electrons. The minimum absolute atomic E-state index is 0.187. The van der Waals surface area contributed by atoms with Crippen LogP contribution in [0.3, 0.4) is 0 Å². The van der Waals surface area contributed by atoms with Gasteiger partial charge < -0.3 is 20.4 Å². The Kier molecular flexibility index (Phi) is 6.55. The molecule has 0 aliphatic heterocycles. The number of nitrogens with one attached hydrogen (secondary N) is 3. The molecule has 3 rings (SSSR count). The maximum Gasteiger partial charge on any atom is 0.291 e. The van der Waals surface area contributed by atoms with Crippen LogP contribution in [0.4, 0.5) is 5.69 Å². The summed E-state index contributed by atoms with van der Waals surface area (Å²) in [7, 11) is 0. The van der Waals surface area contributed by atoms with Crippen LogP contribution in [0.15, 0.2) is 71.3 Å². The second-order valence-electron chi connectivity index (χ2n) is 8.10. The summed E-state index contributed by atoms with van der Waals surface area (Å²) in [5.41, 5.74) is 2.04. The molecular formula is C24H25N3O4. The van der Waals surface area contributed by atoms with Crippen molar-refractivity contribution in [2.75, 3.05) is 5.32 Å². The molecule has 7 nitrogen and oxygen atoms in total. The average molecular weight is 419 g/mol. The standard InChI is InChI=1S/C24H25N3O4/c1-24(2,3)27-22(29)18-11-9-17(10-12-18)21(28)25-15-16-6-4-7-19(14-16)26-23(30)20-8-5-13-31-20/h4-14H,15H2,1-3H3,(H,25,28)(H,26,30)(H,27,29). The Hall–Kier alpha value is -3.87. The van der Waals surface area contributed by atoms with E-state index in [1.54, 1.807) is 54.6 Å². The molecule has 0 saturated carbocycles. The van der Waals surface area contributed by atoms with Crippen molar-refractivity contribution >= 4 is 23.4 Å². The van der Waals surface area contributed by atoms with E-state index in [0.29, 0.717) is 16.8 Å². The minimum atomic E-state index is -0.346. The van der Waals surface area contributed by atoms with Crippen LogP contribution in [0.1, 0.15) is 57.6 Å². The Morgan fingerprint density at radius 3 is 2.13 bits per heavy atom. The summed E-state index contributed by atoms with van der Waals surface area (Å²) < 4.78 is 5.08. The van der Waals surface area contributed by atoms with Crippen LogP contribution in [-0.2, 0) is 6.54 Å². The number of carbonyl (C=O) groups is 3. The van der Waals surface area contributed by atoms with Crippen molar-refractivity contribution in [1.29, 1.82) is 0 Å². The van der Waals surface area contributed by atoms with Crippen LogP contribution in [0.2, 0.25) is 0 Å². The minimum Gasteiger partial charge on any atom is -0.459 e. The third-order valence-corrected chi connectivity index (χ3v) is 4.28. The van der Waals surface area contributed by atoms with Gasteiger partial charge in [0.25, 0.3) is 17.7 Å². The Labute approximate surface area is 180 Å². The molecule has 0 fully saturated rings. The Balaban J connectivity index is 1.57. The largest absolute Gasteiger partial charge is 0.459 e. The zero-order chi connectivity index (χ0) is 22.4. The van der Waals surface area contributed by atoms with E-state index in [1.807, 2.05) is 26.8 Å². The second-order valence-corrected chi connectivity index (χ2v) is 8.10.